The fraction of sp³-hybridized carbons (Fsp3) is 0.897. The molecule has 0 radical (unpaired) electrons. The molecule has 286 valence electrons. The molecule has 0 bridgehead atoms. The van der Waals surface area contributed by atoms with Crippen LogP contribution in [-0.4, -0.2) is 79.5 Å². The van der Waals surface area contributed by atoms with Gasteiger partial charge in [0.05, 0.1) is 19.4 Å². The van der Waals surface area contributed by atoms with Gasteiger partial charge in [-0.15, -0.1) is 23.5 Å². The Morgan fingerprint density at radius 1 is 0.540 bits per heavy atom. The Bertz CT molecular complexity index is 1120. The number of rotatable bonds is 20. The first-order chi connectivity index (χ1) is 24.0. The number of carbonyl (C=O) groups excluding carboxylic acids is 4. The molecule has 3 unspecified atom stereocenters. The van der Waals surface area contributed by atoms with Gasteiger partial charge in [0.1, 0.15) is 32.9 Å². The molecule has 4 rings (SSSR count). The molecule has 0 spiro atoms. The molecule has 3 atom stereocenters. The van der Waals surface area contributed by atoms with Crippen molar-refractivity contribution in [1.82, 2.24) is 0 Å². The van der Waals surface area contributed by atoms with Gasteiger partial charge >= 0.3 is 23.9 Å². The Kier molecular flexibility index (Phi) is 15.7. The molecule has 1 N–H and O–H groups in total. The average molecular weight is 741 g/mol. The standard InChI is InChI=1S/C39H64O9S2/c1-5-36(17-9-10-18-36)45-32(41)25-30(34(43)47-38(7-3)21-13-14-22-38)49-28-29(27-40)50-31(35(44)48-39(8-4)23-15-16-24-39)26-33(42)46-37(6-2)19-11-12-20-37/h29-31,40H,5-28H2,1-4H3. The average Bonchev–Trinajstić information content (AvgIpc) is 3.95. The van der Waals surface area contributed by atoms with Gasteiger partial charge in [-0.25, -0.2) is 0 Å². The van der Waals surface area contributed by atoms with Gasteiger partial charge < -0.3 is 24.1 Å². The van der Waals surface area contributed by atoms with Crippen LogP contribution in [0.1, 0.15) is 169 Å². The molecular formula is C39H64O9S2. The number of hydrogen-bond donors (Lipinski definition) is 1. The number of carbonyl (C=O) groups is 4. The molecule has 0 aromatic carbocycles. The molecule has 4 saturated carbocycles. The highest BCUT2D eigenvalue weighted by Crippen LogP contribution is 2.41. The smallest absolute Gasteiger partial charge is 0.320 e. The predicted molar refractivity (Wildman–Crippen MR) is 198 cm³/mol. The number of ether oxygens (including phenoxy) is 4. The van der Waals surface area contributed by atoms with Crippen molar-refractivity contribution in [3.63, 3.8) is 0 Å². The lowest BCUT2D eigenvalue weighted by Gasteiger charge is -2.32. The van der Waals surface area contributed by atoms with Crippen LogP contribution >= 0.6 is 23.5 Å². The molecule has 0 aliphatic heterocycles. The minimum absolute atomic E-state index is 0.121. The number of hydrogen-bond acceptors (Lipinski definition) is 11. The van der Waals surface area contributed by atoms with Crippen molar-refractivity contribution in [3.05, 3.63) is 0 Å². The molecule has 50 heavy (non-hydrogen) atoms. The van der Waals surface area contributed by atoms with Crippen molar-refractivity contribution in [2.24, 2.45) is 0 Å². The van der Waals surface area contributed by atoms with Crippen LogP contribution in [0.4, 0.5) is 0 Å². The monoisotopic (exact) mass is 740 g/mol. The van der Waals surface area contributed by atoms with Crippen LogP contribution in [0.15, 0.2) is 0 Å². The maximum atomic E-state index is 13.8. The van der Waals surface area contributed by atoms with E-state index in [1.807, 2.05) is 27.7 Å². The van der Waals surface area contributed by atoms with E-state index in [2.05, 4.69) is 0 Å². The second-order valence-electron chi connectivity index (χ2n) is 15.4. The minimum Gasteiger partial charge on any atom is -0.459 e. The quantitative estimate of drug-likeness (QED) is 0.0956. The molecule has 0 saturated heterocycles. The fourth-order valence-corrected chi connectivity index (χ4v) is 11.1. The van der Waals surface area contributed by atoms with E-state index in [1.54, 1.807) is 0 Å². The zero-order chi connectivity index (χ0) is 36.3. The van der Waals surface area contributed by atoms with Crippen LogP contribution in [0.2, 0.25) is 0 Å². The van der Waals surface area contributed by atoms with Gasteiger partial charge in [0.25, 0.3) is 0 Å². The van der Waals surface area contributed by atoms with E-state index >= 15 is 0 Å². The summed E-state index contributed by atoms with van der Waals surface area (Å²) in [5.41, 5.74) is -1.99. The molecule has 9 nitrogen and oxygen atoms in total. The zero-order valence-electron chi connectivity index (χ0n) is 31.2. The third-order valence-electron chi connectivity index (χ3n) is 12.2. The SMILES string of the molecule is CCC1(OC(=O)CC(SCC(CO)SC(CC(=O)OC2(CC)CCCC2)C(=O)OC2(CC)CCCC2)C(=O)OC2(CC)CCCC2)CCCC1. The summed E-state index contributed by atoms with van der Waals surface area (Å²) in [7, 11) is 0. The van der Waals surface area contributed by atoms with Gasteiger partial charge in [0.15, 0.2) is 0 Å². The van der Waals surface area contributed by atoms with Crippen molar-refractivity contribution in [1.29, 1.82) is 0 Å². The summed E-state index contributed by atoms with van der Waals surface area (Å²) in [5.74, 6) is -1.45. The Morgan fingerprint density at radius 2 is 0.860 bits per heavy atom. The number of aliphatic hydroxyl groups excluding tert-OH is 1. The minimum atomic E-state index is -0.872. The molecule has 4 aliphatic carbocycles. The summed E-state index contributed by atoms with van der Waals surface area (Å²) >= 11 is 2.47. The summed E-state index contributed by atoms with van der Waals surface area (Å²) in [6.45, 7) is 7.85. The predicted octanol–water partition coefficient (Wildman–Crippen LogP) is 8.40. The lowest BCUT2D eigenvalue weighted by atomic mass is 9.98. The summed E-state index contributed by atoms with van der Waals surface area (Å²) in [5, 5.41) is 8.37. The van der Waals surface area contributed by atoms with Crippen molar-refractivity contribution >= 4 is 47.4 Å². The normalized spacial score (nSPS) is 23.5. The van der Waals surface area contributed by atoms with Crippen LogP contribution in [0.25, 0.3) is 0 Å². The van der Waals surface area contributed by atoms with Gasteiger partial charge in [-0.05, 0) is 128 Å². The first kappa shape index (κ1) is 41.3. The third-order valence-corrected chi connectivity index (χ3v) is 15.2. The molecule has 0 amide bonds. The number of esters is 4. The van der Waals surface area contributed by atoms with Gasteiger partial charge in [0, 0.05) is 11.0 Å². The van der Waals surface area contributed by atoms with E-state index in [1.165, 1.54) is 23.5 Å². The molecule has 0 aromatic heterocycles. The number of aliphatic hydroxyl groups is 1. The van der Waals surface area contributed by atoms with Crippen molar-refractivity contribution in [3.8, 4) is 0 Å². The summed E-state index contributed by atoms with van der Waals surface area (Å²) < 4.78 is 24.5. The van der Waals surface area contributed by atoms with E-state index in [0.717, 1.165) is 116 Å². The summed E-state index contributed by atoms with van der Waals surface area (Å²) in [6, 6.07) is 0. The molecule has 4 fully saturated rings. The molecule has 0 heterocycles. The van der Waals surface area contributed by atoms with E-state index < -0.39 is 62.0 Å². The molecule has 11 heteroatoms. The maximum Gasteiger partial charge on any atom is 0.320 e. The van der Waals surface area contributed by atoms with Gasteiger partial charge in [0.2, 0.25) is 0 Å². The van der Waals surface area contributed by atoms with E-state index in [4.69, 9.17) is 18.9 Å². The van der Waals surface area contributed by atoms with Crippen molar-refractivity contribution in [2.75, 3.05) is 12.4 Å². The molecule has 4 aliphatic rings. The van der Waals surface area contributed by atoms with Crippen LogP contribution in [0, 0.1) is 0 Å². The van der Waals surface area contributed by atoms with E-state index in [0.29, 0.717) is 12.8 Å². The summed E-state index contributed by atoms with van der Waals surface area (Å²) in [4.78, 5) is 54.4. The van der Waals surface area contributed by atoms with Crippen LogP contribution < -0.4 is 0 Å². The maximum absolute atomic E-state index is 13.8. The second-order valence-corrected chi connectivity index (χ2v) is 18.2. The number of thioether (sulfide) groups is 2. The van der Waals surface area contributed by atoms with E-state index in [9.17, 15) is 24.3 Å². The zero-order valence-corrected chi connectivity index (χ0v) is 32.9. The Hall–Kier alpha value is -1.46. The highest BCUT2D eigenvalue weighted by Gasteiger charge is 2.43. The van der Waals surface area contributed by atoms with E-state index in [-0.39, 0.29) is 25.2 Å². The lowest BCUT2D eigenvalue weighted by Crippen LogP contribution is -2.39. The Balaban J connectivity index is 1.47. The van der Waals surface area contributed by atoms with Gasteiger partial charge in [-0.3, -0.25) is 19.2 Å². The van der Waals surface area contributed by atoms with Crippen LogP contribution in [0.5, 0.6) is 0 Å². The Labute approximate surface area is 309 Å². The Morgan fingerprint density at radius 3 is 1.20 bits per heavy atom. The topological polar surface area (TPSA) is 125 Å². The van der Waals surface area contributed by atoms with Gasteiger partial charge in [-0.1, -0.05) is 27.7 Å². The van der Waals surface area contributed by atoms with Crippen molar-refractivity contribution < 1.29 is 43.2 Å². The van der Waals surface area contributed by atoms with Gasteiger partial charge in [-0.2, -0.15) is 0 Å². The van der Waals surface area contributed by atoms with Crippen LogP contribution in [-0.2, 0) is 38.1 Å². The third kappa shape index (κ3) is 11.0. The first-order valence-corrected chi connectivity index (χ1v) is 21.7. The fourth-order valence-electron chi connectivity index (χ4n) is 8.60. The van der Waals surface area contributed by atoms with Crippen LogP contribution in [0.3, 0.4) is 0 Å². The first-order valence-electron chi connectivity index (χ1n) is 19.8. The van der Waals surface area contributed by atoms with Crippen molar-refractivity contribution in [2.45, 2.75) is 207 Å². The second kappa shape index (κ2) is 19.0. The summed E-state index contributed by atoms with van der Waals surface area (Å²) in [6.07, 6.45) is 17.2. The molecular weight excluding hydrogens is 677 g/mol. The lowest BCUT2D eigenvalue weighted by molar-refractivity contribution is -0.166. The molecule has 0 aromatic rings. The largest absolute Gasteiger partial charge is 0.459 e. The highest BCUT2D eigenvalue weighted by atomic mass is 32.2. The highest BCUT2D eigenvalue weighted by molar-refractivity contribution is 8.04.